The maximum absolute atomic E-state index is 5.89. The second-order valence-corrected chi connectivity index (χ2v) is 5.33. The molecular formula is C18H23N3O. The summed E-state index contributed by atoms with van der Waals surface area (Å²) in [5, 5.41) is 3.11. The lowest BCUT2D eigenvalue weighted by Gasteiger charge is -2.10. The van der Waals surface area contributed by atoms with Crippen molar-refractivity contribution in [2.45, 2.75) is 19.8 Å². The normalized spacial score (nSPS) is 11.5. The van der Waals surface area contributed by atoms with Gasteiger partial charge in [0.25, 0.3) is 0 Å². The minimum atomic E-state index is 0.401. The van der Waals surface area contributed by atoms with E-state index in [0.717, 1.165) is 11.4 Å². The topological polar surface area (TPSA) is 59.6 Å². The van der Waals surface area contributed by atoms with E-state index in [-0.39, 0.29) is 0 Å². The minimum absolute atomic E-state index is 0.401. The van der Waals surface area contributed by atoms with Gasteiger partial charge in [-0.25, -0.2) is 4.99 Å². The Bertz CT molecular complexity index is 609. The number of nitrogens with two attached hydrogens (primary N) is 1. The fourth-order valence-electron chi connectivity index (χ4n) is 2.01. The molecule has 0 bridgehead atoms. The number of aliphatic imine (C=N–C) groups is 1. The fourth-order valence-corrected chi connectivity index (χ4v) is 2.01. The summed E-state index contributed by atoms with van der Waals surface area (Å²) in [7, 11) is 0. The van der Waals surface area contributed by atoms with E-state index in [2.05, 4.69) is 36.3 Å². The predicted molar refractivity (Wildman–Crippen MR) is 92.6 cm³/mol. The van der Waals surface area contributed by atoms with Crippen molar-refractivity contribution in [2.24, 2.45) is 10.7 Å². The van der Waals surface area contributed by atoms with Gasteiger partial charge in [0.15, 0.2) is 5.96 Å². The quantitative estimate of drug-likeness (QED) is 0.486. The Labute approximate surface area is 132 Å². The highest BCUT2D eigenvalue weighted by Gasteiger charge is 2.01. The van der Waals surface area contributed by atoms with Crippen LogP contribution in [0, 0.1) is 0 Å². The number of para-hydroxylation sites is 1. The first kappa shape index (κ1) is 15.9. The smallest absolute Gasteiger partial charge is 0.193 e. The summed E-state index contributed by atoms with van der Waals surface area (Å²) in [4.78, 5) is 4.27. The molecule has 0 aliphatic rings. The number of nitrogens with one attached hydrogen (secondary N) is 1. The number of ether oxygens (including phenoxy) is 1. The van der Waals surface area contributed by atoms with Crippen LogP contribution in [-0.2, 0) is 0 Å². The van der Waals surface area contributed by atoms with Crippen molar-refractivity contribution in [2.75, 3.05) is 18.5 Å². The molecule has 2 aromatic carbocycles. The van der Waals surface area contributed by atoms with E-state index in [1.54, 1.807) is 0 Å². The fraction of sp³-hybridized carbons (Fsp3) is 0.278. The zero-order valence-electron chi connectivity index (χ0n) is 13.1. The van der Waals surface area contributed by atoms with E-state index in [1.165, 1.54) is 5.56 Å². The van der Waals surface area contributed by atoms with Crippen LogP contribution in [0.1, 0.15) is 25.3 Å². The predicted octanol–water partition coefficient (Wildman–Crippen LogP) is 3.62. The molecule has 0 fully saturated rings. The van der Waals surface area contributed by atoms with E-state index in [9.17, 15) is 0 Å². The number of guanidine groups is 1. The summed E-state index contributed by atoms with van der Waals surface area (Å²) >= 11 is 0. The molecule has 0 aromatic heterocycles. The van der Waals surface area contributed by atoms with Crippen molar-refractivity contribution in [3.63, 3.8) is 0 Å². The average Bonchev–Trinajstić information content (AvgIpc) is 2.53. The van der Waals surface area contributed by atoms with Gasteiger partial charge in [0.1, 0.15) is 12.4 Å². The lowest BCUT2D eigenvalue weighted by atomic mass is 10.0. The molecule has 3 N–H and O–H groups in total. The molecular weight excluding hydrogens is 274 g/mol. The third-order valence-electron chi connectivity index (χ3n) is 3.21. The van der Waals surface area contributed by atoms with Crippen LogP contribution in [0.3, 0.4) is 0 Å². The van der Waals surface area contributed by atoms with Gasteiger partial charge in [0.2, 0.25) is 0 Å². The van der Waals surface area contributed by atoms with Crippen molar-refractivity contribution in [1.29, 1.82) is 0 Å². The molecule has 0 heterocycles. The molecule has 2 aromatic rings. The summed E-state index contributed by atoms with van der Waals surface area (Å²) in [6, 6.07) is 17.9. The number of nitrogens with zero attached hydrogens (tertiary/aromatic N) is 1. The second-order valence-electron chi connectivity index (χ2n) is 5.33. The van der Waals surface area contributed by atoms with Crippen LogP contribution in [-0.4, -0.2) is 19.1 Å². The van der Waals surface area contributed by atoms with Crippen molar-refractivity contribution in [3.05, 3.63) is 60.2 Å². The molecule has 0 unspecified atom stereocenters. The van der Waals surface area contributed by atoms with E-state index in [1.807, 2.05) is 42.5 Å². The Morgan fingerprint density at radius 1 is 1.14 bits per heavy atom. The zero-order valence-corrected chi connectivity index (χ0v) is 13.1. The maximum Gasteiger partial charge on any atom is 0.193 e. The highest BCUT2D eigenvalue weighted by molar-refractivity contribution is 5.92. The van der Waals surface area contributed by atoms with Gasteiger partial charge < -0.3 is 15.8 Å². The summed E-state index contributed by atoms with van der Waals surface area (Å²) < 4.78 is 5.57. The largest absolute Gasteiger partial charge is 0.492 e. The Morgan fingerprint density at radius 3 is 2.64 bits per heavy atom. The van der Waals surface area contributed by atoms with Crippen LogP contribution in [0.2, 0.25) is 0 Å². The molecule has 0 aliphatic carbocycles. The highest BCUT2D eigenvalue weighted by atomic mass is 16.5. The Morgan fingerprint density at radius 2 is 1.91 bits per heavy atom. The minimum Gasteiger partial charge on any atom is -0.492 e. The monoisotopic (exact) mass is 297 g/mol. The standard InChI is InChI=1S/C18H23N3O/c1-14(2)15-7-6-8-16(13-15)21-18(19)20-11-12-22-17-9-4-3-5-10-17/h3-10,13-14H,11-12H2,1-2H3,(H3,19,20,21). The Kier molecular flexibility index (Phi) is 5.83. The summed E-state index contributed by atoms with van der Waals surface area (Å²) in [5.74, 6) is 1.73. The van der Waals surface area contributed by atoms with Crippen LogP contribution in [0.15, 0.2) is 59.6 Å². The van der Waals surface area contributed by atoms with Crippen molar-refractivity contribution in [1.82, 2.24) is 0 Å². The van der Waals surface area contributed by atoms with Crippen molar-refractivity contribution >= 4 is 11.6 Å². The molecule has 2 rings (SSSR count). The van der Waals surface area contributed by atoms with Gasteiger partial charge >= 0.3 is 0 Å². The molecule has 0 saturated carbocycles. The van der Waals surface area contributed by atoms with E-state index >= 15 is 0 Å². The zero-order chi connectivity index (χ0) is 15.8. The molecule has 116 valence electrons. The third-order valence-corrected chi connectivity index (χ3v) is 3.21. The van der Waals surface area contributed by atoms with Gasteiger partial charge in [-0.15, -0.1) is 0 Å². The van der Waals surface area contributed by atoms with Gasteiger partial charge in [0, 0.05) is 5.69 Å². The van der Waals surface area contributed by atoms with Crippen LogP contribution in [0.5, 0.6) is 5.75 Å². The summed E-state index contributed by atoms with van der Waals surface area (Å²) in [6.07, 6.45) is 0. The highest BCUT2D eigenvalue weighted by Crippen LogP contribution is 2.18. The lowest BCUT2D eigenvalue weighted by Crippen LogP contribution is -2.23. The number of hydrogen-bond donors (Lipinski definition) is 2. The van der Waals surface area contributed by atoms with Crippen LogP contribution >= 0.6 is 0 Å². The maximum atomic E-state index is 5.89. The molecule has 22 heavy (non-hydrogen) atoms. The Hall–Kier alpha value is -2.49. The summed E-state index contributed by atoms with van der Waals surface area (Å²) in [6.45, 7) is 5.34. The molecule has 0 amide bonds. The van der Waals surface area contributed by atoms with Crippen LogP contribution < -0.4 is 15.8 Å². The first-order valence-corrected chi connectivity index (χ1v) is 7.50. The molecule has 4 nitrogen and oxygen atoms in total. The van der Waals surface area contributed by atoms with Crippen LogP contribution in [0.25, 0.3) is 0 Å². The molecule has 0 spiro atoms. The van der Waals surface area contributed by atoms with E-state index < -0.39 is 0 Å². The SMILES string of the molecule is CC(C)c1cccc(NC(N)=NCCOc2ccccc2)c1. The van der Waals surface area contributed by atoms with Crippen molar-refractivity contribution < 1.29 is 4.74 Å². The average molecular weight is 297 g/mol. The molecule has 4 heteroatoms. The first-order valence-electron chi connectivity index (χ1n) is 7.50. The molecule has 0 radical (unpaired) electrons. The van der Waals surface area contributed by atoms with E-state index in [4.69, 9.17) is 10.5 Å². The molecule has 0 saturated heterocycles. The first-order chi connectivity index (χ1) is 10.6. The second kappa shape index (κ2) is 8.08. The van der Waals surface area contributed by atoms with Gasteiger partial charge in [-0.3, -0.25) is 0 Å². The number of hydrogen-bond acceptors (Lipinski definition) is 2. The lowest BCUT2D eigenvalue weighted by molar-refractivity contribution is 0.329. The summed E-state index contributed by atoms with van der Waals surface area (Å²) in [5.41, 5.74) is 8.12. The van der Waals surface area contributed by atoms with Crippen LogP contribution in [0.4, 0.5) is 5.69 Å². The van der Waals surface area contributed by atoms with Gasteiger partial charge in [-0.1, -0.05) is 44.2 Å². The molecule has 0 atom stereocenters. The number of benzene rings is 2. The number of anilines is 1. The molecule has 0 aliphatic heterocycles. The van der Waals surface area contributed by atoms with Gasteiger partial charge in [-0.2, -0.15) is 0 Å². The van der Waals surface area contributed by atoms with Gasteiger partial charge in [-0.05, 0) is 35.7 Å². The van der Waals surface area contributed by atoms with Crippen molar-refractivity contribution in [3.8, 4) is 5.75 Å². The van der Waals surface area contributed by atoms with E-state index in [0.29, 0.717) is 25.0 Å². The third kappa shape index (κ3) is 5.13. The Balaban J connectivity index is 1.81. The van der Waals surface area contributed by atoms with Gasteiger partial charge in [0.05, 0.1) is 6.54 Å². The number of rotatable bonds is 6.